The summed E-state index contributed by atoms with van der Waals surface area (Å²) in [5, 5.41) is 18.2. The molecule has 0 saturated heterocycles. The number of carbonyl (C=O) groups is 2. The van der Waals surface area contributed by atoms with Crippen LogP contribution in [0.15, 0.2) is 0 Å². The van der Waals surface area contributed by atoms with E-state index in [0.29, 0.717) is 0 Å². The first-order chi connectivity index (χ1) is 8.02. The van der Waals surface area contributed by atoms with Gasteiger partial charge in [-0.1, -0.05) is 32.6 Å². The molecule has 0 amide bonds. The topological polar surface area (TPSA) is 74.6 Å². The second-order valence-electron chi connectivity index (χ2n) is 5.16. The molecule has 98 valence electrons. The van der Waals surface area contributed by atoms with Gasteiger partial charge in [-0.15, -0.1) is 0 Å². The molecule has 0 bridgehead atoms. The molecule has 0 heterocycles. The normalized spacial score (nSPS) is 20.8. The van der Waals surface area contributed by atoms with Crippen LogP contribution in [0.5, 0.6) is 0 Å². The molecular weight excluding hydrogens is 220 g/mol. The Labute approximate surface area is 102 Å². The second-order valence-corrected chi connectivity index (χ2v) is 5.16. The maximum absolute atomic E-state index is 11.4. The number of hydrogen-bond donors (Lipinski definition) is 2. The van der Waals surface area contributed by atoms with E-state index in [9.17, 15) is 14.7 Å². The largest absolute Gasteiger partial charge is 0.481 e. The quantitative estimate of drug-likeness (QED) is 0.751. The number of hydrogen-bond acceptors (Lipinski definition) is 2. The Morgan fingerprint density at radius 2 is 1.76 bits per heavy atom. The molecule has 0 radical (unpaired) electrons. The lowest BCUT2D eigenvalue weighted by molar-refractivity contribution is -0.155. The van der Waals surface area contributed by atoms with Crippen LogP contribution in [-0.2, 0) is 9.59 Å². The summed E-state index contributed by atoms with van der Waals surface area (Å²) in [6.45, 7) is 2.04. The summed E-state index contributed by atoms with van der Waals surface area (Å²) < 4.78 is 0. The Hall–Kier alpha value is -1.06. The third-order valence-corrected chi connectivity index (χ3v) is 4.01. The van der Waals surface area contributed by atoms with Crippen LogP contribution in [0.3, 0.4) is 0 Å². The van der Waals surface area contributed by atoms with E-state index in [4.69, 9.17) is 5.11 Å². The van der Waals surface area contributed by atoms with Gasteiger partial charge in [0, 0.05) is 0 Å². The van der Waals surface area contributed by atoms with Crippen molar-refractivity contribution in [1.82, 2.24) is 0 Å². The molecule has 4 heteroatoms. The zero-order valence-corrected chi connectivity index (χ0v) is 10.4. The van der Waals surface area contributed by atoms with E-state index < -0.39 is 17.9 Å². The van der Waals surface area contributed by atoms with Crippen molar-refractivity contribution in [2.45, 2.75) is 58.3 Å². The lowest BCUT2D eigenvalue weighted by Crippen LogP contribution is -2.39. The Bertz CT molecular complexity index is 274. The highest BCUT2D eigenvalue weighted by molar-refractivity contribution is 5.78. The van der Waals surface area contributed by atoms with Crippen molar-refractivity contribution in [1.29, 1.82) is 0 Å². The molecule has 1 atom stereocenters. The molecule has 0 aliphatic heterocycles. The van der Waals surface area contributed by atoms with Gasteiger partial charge in [0.2, 0.25) is 0 Å². The molecule has 1 unspecified atom stereocenters. The molecule has 1 rings (SSSR count). The first kappa shape index (κ1) is 14.0. The van der Waals surface area contributed by atoms with Gasteiger partial charge in [0.25, 0.3) is 0 Å². The average molecular weight is 242 g/mol. The third kappa shape index (κ3) is 3.45. The minimum absolute atomic E-state index is 0.241. The van der Waals surface area contributed by atoms with Crippen LogP contribution in [0.1, 0.15) is 58.3 Å². The summed E-state index contributed by atoms with van der Waals surface area (Å²) in [5.74, 6) is -2.67. The zero-order chi connectivity index (χ0) is 12.9. The fourth-order valence-electron chi connectivity index (χ4n) is 3.27. The summed E-state index contributed by atoms with van der Waals surface area (Å²) in [7, 11) is 0. The lowest BCUT2D eigenvalue weighted by Gasteiger charge is -2.41. The van der Waals surface area contributed by atoms with Gasteiger partial charge in [-0.05, 0) is 24.7 Å². The van der Waals surface area contributed by atoms with Gasteiger partial charge in [0.1, 0.15) is 0 Å². The van der Waals surface area contributed by atoms with E-state index in [1.54, 1.807) is 0 Å². The van der Waals surface area contributed by atoms with Crippen LogP contribution in [0, 0.1) is 11.3 Å². The molecule has 2 N–H and O–H groups in total. The van der Waals surface area contributed by atoms with E-state index in [1.807, 2.05) is 6.92 Å². The molecule has 4 nitrogen and oxygen atoms in total. The number of rotatable bonds is 6. The second kappa shape index (κ2) is 6.03. The van der Waals surface area contributed by atoms with Crippen molar-refractivity contribution < 1.29 is 19.8 Å². The van der Waals surface area contributed by atoms with Crippen molar-refractivity contribution in [2.75, 3.05) is 0 Å². The van der Waals surface area contributed by atoms with Crippen molar-refractivity contribution in [3.05, 3.63) is 0 Å². The smallest absolute Gasteiger partial charge is 0.307 e. The standard InChI is InChI=1S/C13H22O4/c1-2-6-13(7-4-3-5-8-13)10(12(16)17)9-11(14)15/h10H,2-9H2,1H3,(H,14,15)(H,16,17). The van der Waals surface area contributed by atoms with Crippen molar-refractivity contribution in [3.63, 3.8) is 0 Å². The molecule has 1 fully saturated rings. The maximum Gasteiger partial charge on any atom is 0.307 e. The van der Waals surface area contributed by atoms with Crippen LogP contribution < -0.4 is 0 Å². The van der Waals surface area contributed by atoms with Gasteiger partial charge in [-0.3, -0.25) is 9.59 Å². The van der Waals surface area contributed by atoms with Crippen molar-refractivity contribution in [2.24, 2.45) is 11.3 Å². The van der Waals surface area contributed by atoms with E-state index in [1.165, 1.54) is 0 Å². The van der Waals surface area contributed by atoms with Crippen LogP contribution in [-0.4, -0.2) is 22.2 Å². The molecule has 0 spiro atoms. The summed E-state index contributed by atoms with van der Waals surface area (Å²) in [6.07, 6.45) is 6.45. The molecule has 17 heavy (non-hydrogen) atoms. The van der Waals surface area contributed by atoms with Gasteiger partial charge in [0.15, 0.2) is 0 Å². The molecule has 1 aliphatic rings. The SMILES string of the molecule is CCCC1(C(CC(=O)O)C(=O)O)CCCCC1. The van der Waals surface area contributed by atoms with E-state index in [-0.39, 0.29) is 11.8 Å². The third-order valence-electron chi connectivity index (χ3n) is 4.01. The fraction of sp³-hybridized carbons (Fsp3) is 0.846. The minimum Gasteiger partial charge on any atom is -0.481 e. The summed E-state index contributed by atoms with van der Waals surface area (Å²) in [5.41, 5.74) is -0.281. The Morgan fingerprint density at radius 3 is 2.18 bits per heavy atom. The van der Waals surface area contributed by atoms with Gasteiger partial charge in [-0.25, -0.2) is 0 Å². The number of carboxylic acids is 2. The summed E-state index contributed by atoms with van der Waals surface area (Å²) in [6, 6.07) is 0. The molecular formula is C13H22O4. The Balaban J connectivity index is 2.90. The predicted molar refractivity (Wildman–Crippen MR) is 63.8 cm³/mol. The van der Waals surface area contributed by atoms with Crippen molar-refractivity contribution in [3.8, 4) is 0 Å². The highest BCUT2D eigenvalue weighted by atomic mass is 16.4. The van der Waals surface area contributed by atoms with Crippen LogP contribution in [0.25, 0.3) is 0 Å². The Morgan fingerprint density at radius 1 is 1.18 bits per heavy atom. The summed E-state index contributed by atoms with van der Waals surface area (Å²) >= 11 is 0. The monoisotopic (exact) mass is 242 g/mol. The summed E-state index contributed by atoms with van der Waals surface area (Å²) in [4.78, 5) is 22.2. The van der Waals surface area contributed by atoms with Gasteiger partial charge >= 0.3 is 11.9 Å². The first-order valence-corrected chi connectivity index (χ1v) is 6.46. The first-order valence-electron chi connectivity index (χ1n) is 6.46. The zero-order valence-electron chi connectivity index (χ0n) is 10.4. The Kier molecular flexibility index (Phi) is 4.97. The van der Waals surface area contributed by atoms with Crippen LogP contribution >= 0.6 is 0 Å². The van der Waals surface area contributed by atoms with Gasteiger partial charge < -0.3 is 10.2 Å². The van der Waals surface area contributed by atoms with E-state index in [2.05, 4.69) is 0 Å². The maximum atomic E-state index is 11.4. The minimum atomic E-state index is -1.00. The molecule has 0 aromatic heterocycles. The average Bonchev–Trinajstić information content (AvgIpc) is 2.27. The van der Waals surface area contributed by atoms with Crippen LogP contribution in [0.2, 0.25) is 0 Å². The number of carboxylic acid groups (broad SMARTS) is 2. The lowest BCUT2D eigenvalue weighted by atomic mass is 9.62. The molecule has 0 aromatic carbocycles. The van der Waals surface area contributed by atoms with E-state index >= 15 is 0 Å². The predicted octanol–water partition coefficient (Wildman–Crippen LogP) is 2.91. The highest BCUT2D eigenvalue weighted by Crippen LogP contribution is 2.47. The number of aliphatic carboxylic acids is 2. The highest BCUT2D eigenvalue weighted by Gasteiger charge is 2.43. The molecule has 1 saturated carbocycles. The van der Waals surface area contributed by atoms with Gasteiger partial charge in [0.05, 0.1) is 12.3 Å². The van der Waals surface area contributed by atoms with Crippen molar-refractivity contribution >= 4 is 11.9 Å². The van der Waals surface area contributed by atoms with Crippen LogP contribution in [0.4, 0.5) is 0 Å². The van der Waals surface area contributed by atoms with Gasteiger partial charge in [-0.2, -0.15) is 0 Å². The molecule has 0 aromatic rings. The van der Waals surface area contributed by atoms with E-state index in [0.717, 1.165) is 44.9 Å². The fourth-order valence-corrected chi connectivity index (χ4v) is 3.27. The molecule has 1 aliphatic carbocycles.